The number of ketones is 2. The van der Waals surface area contributed by atoms with Crippen molar-refractivity contribution in [3.63, 3.8) is 0 Å². The number of carbonyl (C=O) groups is 2. The predicted molar refractivity (Wildman–Crippen MR) is 84.8 cm³/mol. The fourth-order valence-corrected chi connectivity index (χ4v) is 2.00. The molecule has 0 aromatic heterocycles. The van der Waals surface area contributed by atoms with Gasteiger partial charge in [-0.1, -0.05) is 60.2 Å². The molecular weight excluding hydrogens is 260 g/mol. The summed E-state index contributed by atoms with van der Waals surface area (Å²) in [7, 11) is 0. The van der Waals surface area contributed by atoms with Gasteiger partial charge in [-0.15, -0.1) is 0 Å². The minimum Gasteiger partial charge on any atom is -0.289 e. The summed E-state index contributed by atoms with van der Waals surface area (Å²) in [4.78, 5) is 24.3. The molecule has 0 heterocycles. The van der Waals surface area contributed by atoms with Gasteiger partial charge in [0.2, 0.25) is 0 Å². The Hall–Kier alpha value is -2.48. The molecule has 0 unspecified atom stereocenters. The average molecular weight is 278 g/mol. The fourth-order valence-electron chi connectivity index (χ4n) is 2.00. The third-order valence-electron chi connectivity index (χ3n) is 3.51. The highest BCUT2D eigenvalue weighted by Crippen LogP contribution is 2.14. The van der Waals surface area contributed by atoms with E-state index in [9.17, 15) is 9.59 Å². The van der Waals surface area contributed by atoms with Crippen LogP contribution in [0, 0.1) is 6.92 Å². The Morgan fingerprint density at radius 1 is 0.810 bits per heavy atom. The second kappa shape index (κ2) is 6.31. The highest BCUT2D eigenvalue weighted by Gasteiger charge is 2.11. The Morgan fingerprint density at radius 3 is 1.71 bits per heavy atom. The van der Waals surface area contributed by atoms with E-state index < -0.39 is 0 Å². The number of hydrogen-bond donors (Lipinski definition) is 0. The second-order valence-corrected chi connectivity index (χ2v) is 5.07. The quantitative estimate of drug-likeness (QED) is 0.614. The van der Waals surface area contributed by atoms with Gasteiger partial charge in [0.15, 0.2) is 11.6 Å². The largest absolute Gasteiger partial charge is 0.289 e. The molecule has 2 aromatic carbocycles. The van der Waals surface area contributed by atoms with Crippen LogP contribution in [0.3, 0.4) is 0 Å². The van der Waals surface area contributed by atoms with Crippen LogP contribution in [0.25, 0.3) is 0 Å². The van der Waals surface area contributed by atoms with Gasteiger partial charge in [-0.05, 0) is 26.3 Å². The number of Topliss-reactive ketones (excluding diaryl/α,β-unsaturated/α-hetero) is 1. The standard InChI is InChI=1S/C19H18O2/c1-4-14(3)18(20)15-9-11-17(12-10-15)19(21)16-7-5-13(2)6-8-16/h4-12H,1-3H3. The summed E-state index contributed by atoms with van der Waals surface area (Å²) in [5.41, 5.74) is 3.67. The maximum absolute atomic E-state index is 12.3. The van der Waals surface area contributed by atoms with Crippen LogP contribution in [-0.2, 0) is 0 Å². The van der Waals surface area contributed by atoms with Gasteiger partial charge < -0.3 is 0 Å². The van der Waals surface area contributed by atoms with Gasteiger partial charge in [-0.2, -0.15) is 0 Å². The van der Waals surface area contributed by atoms with E-state index in [1.54, 1.807) is 37.3 Å². The van der Waals surface area contributed by atoms with Crippen molar-refractivity contribution >= 4 is 11.6 Å². The van der Waals surface area contributed by atoms with Gasteiger partial charge in [-0.25, -0.2) is 0 Å². The predicted octanol–water partition coefficient (Wildman–Crippen LogP) is 4.37. The number of benzene rings is 2. The molecule has 0 radical (unpaired) electrons. The van der Waals surface area contributed by atoms with Crippen LogP contribution in [0.15, 0.2) is 60.2 Å². The van der Waals surface area contributed by atoms with Crippen LogP contribution < -0.4 is 0 Å². The Kier molecular flexibility index (Phi) is 4.49. The Balaban J connectivity index is 2.25. The lowest BCUT2D eigenvalue weighted by molar-refractivity contribution is 0.102. The first kappa shape index (κ1) is 14.9. The van der Waals surface area contributed by atoms with Crippen molar-refractivity contribution in [1.29, 1.82) is 0 Å². The maximum atomic E-state index is 12.3. The number of carbonyl (C=O) groups excluding carboxylic acids is 2. The summed E-state index contributed by atoms with van der Waals surface area (Å²) in [5.74, 6) is -0.0383. The highest BCUT2D eigenvalue weighted by molar-refractivity contribution is 6.11. The highest BCUT2D eigenvalue weighted by atomic mass is 16.1. The first-order valence-corrected chi connectivity index (χ1v) is 6.92. The number of aryl methyl sites for hydroxylation is 1. The number of rotatable bonds is 4. The molecule has 2 nitrogen and oxygen atoms in total. The minimum absolute atomic E-state index is 0.00756. The molecule has 21 heavy (non-hydrogen) atoms. The molecular formula is C19H18O2. The zero-order valence-electron chi connectivity index (χ0n) is 12.5. The first-order chi connectivity index (χ1) is 10.0. The van der Waals surface area contributed by atoms with E-state index >= 15 is 0 Å². The molecule has 2 aromatic rings. The summed E-state index contributed by atoms with van der Waals surface area (Å²) in [6, 6.07) is 14.3. The first-order valence-electron chi connectivity index (χ1n) is 6.92. The molecule has 0 atom stereocenters. The Labute approximate surface area is 125 Å². The van der Waals surface area contributed by atoms with Crippen LogP contribution >= 0.6 is 0 Å². The maximum Gasteiger partial charge on any atom is 0.193 e. The Bertz CT molecular complexity index is 689. The molecule has 0 spiro atoms. The smallest absolute Gasteiger partial charge is 0.193 e. The summed E-state index contributed by atoms with van der Waals surface area (Å²) >= 11 is 0. The minimum atomic E-state index is -0.0308. The van der Waals surface area contributed by atoms with E-state index in [0.717, 1.165) is 5.56 Å². The second-order valence-electron chi connectivity index (χ2n) is 5.07. The van der Waals surface area contributed by atoms with Crippen molar-refractivity contribution in [2.75, 3.05) is 0 Å². The van der Waals surface area contributed by atoms with Crippen LogP contribution in [0.1, 0.15) is 45.7 Å². The molecule has 0 aliphatic rings. The van der Waals surface area contributed by atoms with Crippen LogP contribution in [-0.4, -0.2) is 11.6 Å². The van der Waals surface area contributed by atoms with Crippen LogP contribution in [0.2, 0.25) is 0 Å². The van der Waals surface area contributed by atoms with Crippen molar-refractivity contribution in [3.05, 3.63) is 82.4 Å². The van der Waals surface area contributed by atoms with Gasteiger partial charge in [0.25, 0.3) is 0 Å². The summed E-state index contributed by atoms with van der Waals surface area (Å²) in [6.07, 6.45) is 1.79. The van der Waals surface area contributed by atoms with Crippen molar-refractivity contribution in [3.8, 4) is 0 Å². The molecule has 2 rings (SSSR count). The Morgan fingerprint density at radius 2 is 1.24 bits per heavy atom. The number of hydrogen-bond acceptors (Lipinski definition) is 2. The van der Waals surface area contributed by atoms with E-state index in [4.69, 9.17) is 0 Å². The van der Waals surface area contributed by atoms with E-state index in [2.05, 4.69) is 0 Å². The fraction of sp³-hybridized carbons (Fsp3) is 0.158. The lowest BCUT2D eigenvalue weighted by Gasteiger charge is -2.04. The van der Waals surface area contributed by atoms with Crippen molar-refractivity contribution in [2.45, 2.75) is 20.8 Å². The normalized spacial score (nSPS) is 11.3. The lowest BCUT2D eigenvalue weighted by atomic mass is 9.98. The van der Waals surface area contributed by atoms with Crippen molar-refractivity contribution in [1.82, 2.24) is 0 Å². The molecule has 0 aliphatic heterocycles. The van der Waals surface area contributed by atoms with E-state index in [1.807, 2.05) is 38.1 Å². The molecule has 0 bridgehead atoms. The molecule has 2 heteroatoms. The summed E-state index contributed by atoms with van der Waals surface area (Å²) in [5, 5.41) is 0. The number of allylic oxidation sites excluding steroid dienone is 2. The summed E-state index contributed by atoms with van der Waals surface area (Å²) in [6.45, 7) is 5.61. The van der Waals surface area contributed by atoms with E-state index in [1.165, 1.54) is 0 Å². The zero-order valence-corrected chi connectivity index (χ0v) is 12.5. The third-order valence-corrected chi connectivity index (χ3v) is 3.51. The van der Waals surface area contributed by atoms with Crippen molar-refractivity contribution < 1.29 is 9.59 Å². The zero-order chi connectivity index (χ0) is 15.4. The SMILES string of the molecule is CC=C(C)C(=O)c1ccc(C(=O)c2ccc(C)cc2)cc1. The monoisotopic (exact) mass is 278 g/mol. The topological polar surface area (TPSA) is 34.1 Å². The van der Waals surface area contributed by atoms with Gasteiger partial charge in [0, 0.05) is 16.7 Å². The molecule has 0 fully saturated rings. The summed E-state index contributed by atoms with van der Waals surface area (Å²) < 4.78 is 0. The third kappa shape index (κ3) is 3.34. The van der Waals surface area contributed by atoms with Crippen molar-refractivity contribution in [2.24, 2.45) is 0 Å². The lowest BCUT2D eigenvalue weighted by Crippen LogP contribution is -2.04. The van der Waals surface area contributed by atoms with Gasteiger partial charge in [0.1, 0.15) is 0 Å². The van der Waals surface area contributed by atoms with Crippen LogP contribution in [0.4, 0.5) is 0 Å². The molecule has 0 aliphatic carbocycles. The van der Waals surface area contributed by atoms with E-state index in [-0.39, 0.29) is 11.6 Å². The van der Waals surface area contributed by atoms with E-state index in [0.29, 0.717) is 22.3 Å². The van der Waals surface area contributed by atoms with Gasteiger partial charge >= 0.3 is 0 Å². The van der Waals surface area contributed by atoms with Gasteiger partial charge in [-0.3, -0.25) is 9.59 Å². The molecule has 106 valence electrons. The average Bonchev–Trinajstić information content (AvgIpc) is 2.53. The molecule has 0 saturated carbocycles. The van der Waals surface area contributed by atoms with Gasteiger partial charge in [0.05, 0.1) is 0 Å². The van der Waals surface area contributed by atoms with Crippen LogP contribution in [0.5, 0.6) is 0 Å². The molecule has 0 N–H and O–H groups in total. The molecule has 0 saturated heterocycles. The molecule has 0 amide bonds.